The van der Waals surface area contributed by atoms with Crippen LogP contribution in [0.2, 0.25) is 0 Å². The first-order valence-electron chi connectivity index (χ1n) is 13.6. The van der Waals surface area contributed by atoms with E-state index in [2.05, 4.69) is 25.8 Å². The van der Waals surface area contributed by atoms with Crippen LogP contribution in [0.25, 0.3) is 0 Å². The van der Waals surface area contributed by atoms with Gasteiger partial charge >= 0.3 is 0 Å². The van der Waals surface area contributed by atoms with Crippen LogP contribution in [0.1, 0.15) is 77.7 Å². The summed E-state index contributed by atoms with van der Waals surface area (Å²) in [6.07, 6.45) is 13.4. The van der Waals surface area contributed by atoms with Crippen LogP contribution in [0.15, 0.2) is 18.3 Å². The molecule has 1 heterocycles. The molecule has 182 valence electrons. The van der Waals surface area contributed by atoms with Crippen LogP contribution in [-0.2, 0) is 11.3 Å². The minimum atomic E-state index is 0.0305. The van der Waals surface area contributed by atoms with E-state index in [1.54, 1.807) is 6.20 Å². The predicted octanol–water partition coefficient (Wildman–Crippen LogP) is 5.87. The van der Waals surface area contributed by atoms with Crippen molar-refractivity contribution in [1.82, 2.24) is 4.98 Å². The standard InChI is InChI=1S/C29H43NO3/c1-18(17-33-26-13-19(16-31)9-12-30-26)22-5-6-23-21-14-25(32-4)29-15-20(29)7-11-28(29,3)24(21)8-10-27(22,23)2/h9,12-13,18,20-25,31H,5-8,10-11,14-17H2,1-4H3/t18-,20-,21+,22-,23+,24+,25?,27-,28-,29?/m1/s1. The topological polar surface area (TPSA) is 51.6 Å². The van der Waals surface area contributed by atoms with Gasteiger partial charge in [0.2, 0.25) is 5.88 Å². The second-order valence-corrected chi connectivity index (χ2v) is 12.9. The van der Waals surface area contributed by atoms with E-state index >= 15 is 0 Å². The Morgan fingerprint density at radius 1 is 1.15 bits per heavy atom. The molecule has 0 amide bonds. The third-order valence-electron chi connectivity index (χ3n) is 12.1. The highest BCUT2D eigenvalue weighted by Gasteiger charge is 2.77. The zero-order valence-electron chi connectivity index (χ0n) is 21.1. The molecule has 5 fully saturated rings. The Labute approximate surface area is 199 Å². The van der Waals surface area contributed by atoms with Crippen LogP contribution >= 0.6 is 0 Å². The normalized spacial score (nSPS) is 48.4. The van der Waals surface area contributed by atoms with E-state index in [9.17, 15) is 5.11 Å². The maximum atomic E-state index is 9.41. The van der Waals surface area contributed by atoms with Crippen molar-refractivity contribution >= 4 is 0 Å². The van der Waals surface area contributed by atoms with Crippen LogP contribution < -0.4 is 4.74 Å². The zero-order valence-corrected chi connectivity index (χ0v) is 21.1. The van der Waals surface area contributed by atoms with E-state index in [4.69, 9.17) is 9.47 Å². The van der Waals surface area contributed by atoms with Gasteiger partial charge in [-0.15, -0.1) is 0 Å². The van der Waals surface area contributed by atoms with E-state index in [-0.39, 0.29) is 6.61 Å². The lowest BCUT2D eigenvalue weighted by atomic mass is 9.45. The highest BCUT2D eigenvalue weighted by Crippen LogP contribution is 2.82. The van der Waals surface area contributed by atoms with Crippen molar-refractivity contribution in [3.05, 3.63) is 23.9 Å². The van der Waals surface area contributed by atoms with Gasteiger partial charge in [0.15, 0.2) is 0 Å². The van der Waals surface area contributed by atoms with E-state index in [1.165, 1.54) is 51.4 Å². The van der Waals surface area contributed by atoms with Gasteiger partial charge in [0.05, 0.1) is 19.3 Å². The lowest BCUT2D eigenvalue weighted by Gasteiger charge is -2.61. The smallest absolute Gasteiger partial charge is 0.213 e. The number of nitrogens with zero attached hydrogens (tertiary/aromatic N) is 1. The second-order valence-electron chi connectivity index (χ2n) is 12.9. The largest absolute Gasteiger partial charge is 0.477 e. The Morgan fingerprint density at radius 3 is 2.76 bits per heavy atom. The van der Waals surface area contributed by atoms with E-state index in [0.29, 0.717) is 46.7 Å². The summed E-state index contributed by atoms with van der Waals surface area (Å²) in [6, 6.07) is 3.71. The quantitative estimate of drug-likeness (QED) is 0.585. The number of pyridine rings is 1. The molecule has 0 aromatic carbocycles. The average molecular weight is 454 g/mol. The number of aliphatic hydroxyl groups is 1. The molecule has 5 aliphatic rings. The highest BCUT2D eigenvalue weighted by molar-refractivity contribution is 5.26. The molecule has 0 bridgehead atoms. The molecule has 1 aromatic heterocycles. The molecule has 5 aliphatic carbocycles. The number of ether oxygens (including phenoxy) is 2. The van der Waals surface area contributed by atoms with Crippen LogP contribution in [0.5, 0.6) is 5.88 Å². The maximum Gasteiger partial charge on any atom is 0.213 e. The number of aromatic nitrogens is 1. The van der Waals surface area contributed by atoms with Crippen LogP contribution in [0.4, 0.5) is 0 Å². The van der Waals surface area contributed by atoms with Gasteiger partial charge in [0.25, 0.3) is 0 Å². The lowest BCUT2D eigenvalue weighted by Crippen LogP contribution is -2.57. The molecular formula is C29H43NO3. The molecule has 0 saturated heterocycles. The number of fused-ring (bicyclic) bond motifs is 4. The molecule has 6 rings (SSSR count). The minimum Gasteiger partial charge on any atom is -0.477 e. The third kappa shape index (κ3) is 2.98. The fraction of sp³-hybridized carbons (Fsp3) is 0.828. The number of rotatable bonds is 6. The number of methoxy groups -OCH3 is 1. The SMILES string of the molecule is COC1C[C@H]2[C@@H]3CC[C@H]([C@H](C)COc4cc(CO)ccn4)[C@@]3(C)CC[C@@H]2[C@@]2(C)CC[C@@H]3CC132. The van der Waals surface area contributed by atoms with E-state index in [1.807, 2.05) is 19.2 Å². The first kappa shape index (κ1) is 22.3. The summed E-state index contributed by atoms with van der Waals surface area (Å²) in [5, 5.41) is 9.41. The monoisotopic (exact) mass is 453 g/mol. The van der Waals surface area contributed by atoms with E-state index < -0.39 is 0 Å². The molecule has 1 aromatic rings. The van der Waals surface area contributed by atoms with Gasteiger partial charge in [-0.25, -0.2) is 4.98 Å². The predicted molar refractivity (Wildman–Crippen MR) is 129 cm³/mol. The summed E-state index contributed by atoms with van der Waals surface area (Å²) in [6.45, 7) is 8.42. The first-order valence-corrected chi connectivity index (χ1v) is 13.6. The van der Waals surface area contributed by atoms with Crippen molar-refractivity contribution in [2.45, 2.75) is 84.8 Å². The minimum absolute atomic E-state index is 0.0305. The van der Waals surface area contributed by atoms with Gasteiger partial charge in [0, 0.05) is 24.8 Å². The summed E-state index contributed by atoms with van der Waals surface area (Å²) in [5.74, 6) is 5.41. The summed E-state index contributed by atoms with van der Waals surface area (Å²) in [7, 11) is 1.99. The molecule has 2 unspecified atom stereocenters. The van der Waals surface area contributed by atoms with Gasteiger partial charge in [0.1, 0.15) is 0 Å². The van der Waals surface area contributed by atoms with Crippen LogP contribution in [0, 0.1) is 51.8 Å². The van der Waals surface area contributed by atoms with Crippen molar-refractivity contribution < 1.29 is 14.6 Å². The van der Waals surface area contributed by atoms with Crippen molar-refractivity contribution in [3.63, 3.8) is 0 Å². The van der Waals surface area contributed by atoms with Crippen molar-refractivity contribution in [3.8, 4) is 5.88 Å². The first-order chi connectivity index (χ1) is 15.9. The average Bonchev–Trinajstić information content (AvgIpc) is 3.33. The molecule has 10 atom stereocenters. The summed E-state index contributed by atoms with van der Waals surface area (Å²) >= 11 is 0. The maximum absolute atomic E-state index is 9.41. The van der Waals surface area contributed by atoms with Gasteiger partial charge in [-0.2, -0.15) is 0 Å². The Morgan fingerprint density at radius 2 is 2.00 bits per heavy atom. The fourth-order valence-electron chi connectivity index (χ4n) is 10.5. The van der Waals surface area contributed by atoms with Gasteiger partial charge < -0.3 is 14.6 Å². The third-order valence-corrected chi connectivity index (χ3v) is 12.1. The Hall–Kier alpha value is -1.13. The van der Waals surface area contributed by atoms with Crippen molar-refractivity contribution in [1.29, 1.82) is 0 Å². The molecule has 1 spiro atoms. The molecule has 33 heavy (non-hydrogen) atoms. The molecule has 5 saturated carbocycles. The Kier molecular flexibility index (Phi) is 5.20. The van der Waals surface area contributed by atoms with Gasteiger partial charge in [-0.1, -0.05) is 20.8 Å². The zero-order chi connectivity index (χ0) is 23.0. The van der Waals surface area contributed by atoms with Gasteiger partial charge in [-0.05, 0) is 109 Å². The fourth-order valence-corrected chi connectivity index (χ4v) is 10.5. The molecule has 4 heteroatoms. The van der Waals surface area contributed by atoms with Gasteiger partial charge in [-0.3, -0.25) is 0 Å². The van der Waals surface area contributed by atoms with E-state index in [0.717, 1.165) is 29.2 Å². The molecule has 1 N–H and O–H groups in total. The molecule has 0 radical (unpaired) electrons. The van der Waals surface area contributed by atoms with Crippen LogP contribution in [0.3, 0.4) is 0 Å². The lowest BCUT2D eigenvalue weighted by molar-refractivity contribution is -0.161. The summed E-state index contributed by atoms with van der Waals surface area (Å²) in [4.78, 5) is 4.36. The number of hydrogen-bond acceptors (Lipinski definition) is 4. The van der Waals surface area contributed by atoms with Crippen LogP contribution in [-0.4, -0.2) is 29.9 Å². The van der Waals surface area contributed by atoms with Crippen molar-refractivity contribution in [2.75, 3.05) is 13.7 Å². The molecule has 0 aliphatic heterocycles. The number of aliphatic hydroxyl groups excluding tert-OH is 1. The Bertz CT molecular complexity index is 905. The highest BCUT2D eigenvalue weighted by atomic mass is 16.5. The number of hydrogen-bond donors (Lipinski definition) is 1. The molecule has 4 nitrogen and oxygen atoms in total. The van der Waals surface area contributed by atoms with Crippen molar-refractivity contribution in [2.24, 2.45) is 51.8 Å². The summed E-state index contributed by atoms with van der Waals surface area (Å²) in [5.41, 5.74) is 2.32. The Balaban J connectivity index is 1.19. The second kappa shape index (κ2) is 7.68. The summed E-state index contributed by atoms with van der Waals surface area (Å²) < 4.78 is 12.4. The molecular weight excluding hydrogens is 410 g/mol.